The minimum atomic E-state index is 0.0453. The molecule has 1 amide bonds. The zero-order valence-corrected chi connectivity index (χ0v) is 13.1. The highest BCUT2D eigenvalue weighted by Crippen LogP contribution is 2.17. The Kier molecular flexibility index (Phi) is 5.16. The van der Waals surface area contributed by atoms with Gasteiger partial charge < -0.3 is 5.32 Å². The average Bonchev–Trinajstić information content (AvgIpc) is 2.90. The molecule has 100 valence electrons. The summed E-state index contributed by atoms with van der Waals surface area (Å²) < 4.78 is 1.05. The maximum absolute atomic E-state index is 11.9. The first-order valence-electron chi connectivity index (χ1n) is 6.22. The summed E-state index contributed by atoms with van der Waals surface area (Å²) in [6.07, 6.45) is 1.36. The van der Waals surface area contributed by atoms with Crippen LogP contribution in [0.15, 0.2) is 46.3 Å². The van der Waals surface area contributed by atoms with E-state index < -0.39 is 0 Å². The van der Waals surface area contributed by atoms with Crippen molar-refractivity contribution in [3.63, 3.8) is 0 Å². The van der Waals surface area contributed by atoms with Crippen molar-refractivity contribution in [3.05, 3.63) is 56.7 Å². The Balaban J connectivity index is 1.83. The summed E-state index contributed by atoms with van der Waals surface area (Å²) in [6, 6.07) is 12.2. The van der Waals surface area contributed by atoms with Crippen molar-refractivity contribution >= 4 is 33.2 Å². The lowest BCUT2D eigenvalue weighted by Gasteiger charge is -2.14. The van der Waals surface area contributed by atoms with Crippen LogP contribution in [0.1, 0.15) is 29.8 Å². The average molecular weight is 338 g/mol. The fourth-order valence-corrected chi connectivity index (χ4v) is 2.81. The van der Waals surface area contributed by atoms with E-state index in [0.717, 1.165) is 16.5 Å². The SMILES string of the molecule is CC(NC(=O)CCc1cccs1)c1ccc(Br)cc1. The van der Waals surface area contributed by atoms with E-state index in [9.17, 15) is 4.79 Å². The van der Waals surface area contributed by atoms with E-state index in [1.54, 1.807) is 11.3 Å². The largest absolute Gasteiger partial charge is 0.350 e. The standard InChI is InChI=1S/C15H16BrNOS/c1-11(12-4-6-13(16)7-5-12)17-15(18)9-8-14-3-2-10-19-14/h2-7,10-11H,8-9H2,1H3,(H,17,18). The molecule has 2 aromatic rings. The second-order valence-electron chi connectivity index (χ2n) is 4.42. The molecule has 1 unspecified atom stereocenters. The molecule has 1 aromatic heterocycles. The van der Waals surface area contributed by atoms with Gasteiger partial charge in [0.15, 0.2) is 0 Å². The van der Waals surface area contributed by atoms with E-state index >= 15 is 0 Å². The van der Waals surface area contributed by atoms with Crippen LogP contribution in [0, 0.1) is 0 Å². The van der Waals surface area contributed by atoms with E-state index in [1.807, 2.05) is 42.6 Å². The van der Waals surface area contributed by atoms with Gasteiger partial charge in [0.05, 0.1) is 6.04 Å². The smallest absolute Gasteiger partial charge is 0.220 e. The summed E-state index contributed by atoms with van der Waals surface area (Å²) in [4.78, 5) is 13.1. The number of hydrogen-bond donors (Lipinski definition) is 1. The first kappa shape index (κ1) is 14.3. The highest BCUT2D eigenvalue weighted by atomic mass is 79.9. The van der Waals surface area contributed by atoms with Gasteiger partial charge in [0.1, 0.15) is 0 Å². The molecular weight excluding hydrogens is 322 g/mol. The van der Waals surface area contributed by atoms with E-state index in [4.69, 9.17) is 0 Å². The van der Waals surface area contributed by atoms with Crippen LogP contribution in [-0.2, 0) is 11.2 Å². The zero-order valence-electron chi connectivity index (χ0n) is 10.7. The molecule has 0 aliphatic carbocycles. The highest BCUT2D eigenvalue weighted by molar-refractivity contribution is 9.10. The Bertz CT molecular complexity index is 522. The number of nitrogens with one attached hydrogen (secondary N) is 1. The van der Waals surface area contributed by atoms with E-state index in [0.29, 0.717) is 6.42 Å². The van der Waals surface area contributed by atoms with E-state index in [2.05, 4.69) is 27.3 Å². The number of rotatable bonds is 5. The van der Waals surface area contributed by atoms with Gasteiger partial charge in [-0.1, -0.05) is 34.1 Å². The van der Waals surface area contributed by atoms with E-state index in [1.165, 1.54) is 4.88 Å². The van der Waals surface area contributed by atoms with Crippen molar-refractivity contribution < 1.29 is 4.79 Å². The monoisotopic (exact) mass is 337 g/mol. The Hall–Kier alpha value is -1.13. The Labute approximate surface area is 126 Å². The van der Waals surface area contributed by atoms with E-state index in [-0.39, 0.29) is 11.9 Å². The van der Waals surface area contributed by atoms with Crippen LogP contribution >= 0.6 is 27.3 Å². The molecule has 19 heavy (non-hydrogen) atoms. The van der Waals surface area contributed by atoms with Gasteiger partial charge in [0.25, 0.3) is 0 Å². The van der Waals surface area contributed by atoms with Crippen LogP contribution in [0.25, 0.3) is 0 Å². The topological polar surface area (TPSA) is 29.1 Å². The maximum Gasteiger partial charge on any atom is 0.220 e. The van der Waals surface area contributed by atoms with Gasteiger partial charge in [-0.25, -0.2) is 0 Å². The molecule has 4 heteroatoms. The lowest BCUT2D eigenvalue weighted by molar-refractivity contribution is -0.121. The summed E-state index contributed by atoms with van der Waals surface area (Å²) in [5.41, 5.74) is 1.12. The van der Waals surface area contributed by atoms with Crippen LogP contribution in [0.4, 0.5) is 0 Å². The number of amides is 1. The molecule has 2 rings (SSSR count). The van der Waals surface area contributed by atoms with Crippen molar-refractivity contribution in [2.24, 2.45) is 0 Å². The molecule has 0 saturated heterocycles. The predicted molar refractivity (Wildman–Crippen MR) is 83.3 cm³/mol. The van der Waals surface area contributed by atoms with Crippen molar-refractivity contribution in [3.8, 4) is 0 Å². The molecule has 0 aliphatic heterocycles. The number of aryl methyl sites for hydroxylation is 1. The summed E-state index contributed by atoms with van der Waals surface area (Å²) in [7, 11) is 0. The number of carbonyl (C=O) groups is 1. The molecule has 1 N–H and O–H groups in total. The third-order valence-corrected chi connectivity index (χ3v) is 4.39. The predicted octanol–water partition coefficient (Wildman–Crippen LogP) is 4.32. The Morgan fingerprint density at radius 2 is 2.05 bits per heavy atom. The third-order valence-electron chi connectivity index (χ3n) is 2.93. The van der Waals surface area contributed by atoms with Crippen molar-refractivity contribution in [1.82, 2.24) is 5.32 Å². The normalized spacial score (nSPS) is 12.1. The fourth-order valence-electron chi connectivity index (χ4n) is 1.84. The van der Waals surface area contributed by atoms with Gasteiger partial charge in [-0.05, 0) is 42.5 Å². The van der Waals surface area contributed by atoms with Crippen LogP contribution in [-0.4, -0.2) is 5.91 Å². The number of carbonyl (C=O) groups excluding carboxylic acids is 1. The Morgan fingerprint density at radius 3 is 2.68 bits per heavy atom. The summed E-state index contributed by atoms with van der Waals surface area (Å²) in [5, 5.41) is 5.07. The minimum Gasteiger partial charge on any atom is -0.350 e. The molecule has 0 bridgehead atoms. The van der Waals surface area contributed by atoms with Crippen LogP contribution in [0.5, 0.6) is 0 Å². The lowest BCUT2D eigenvalue weighted by Crippen LogP contribution is -2.26. The van der Waals surface area contributed by atoms with Crippen LogP contribution in [0.2, 0.25) is 0 Å². The quantitative estimate of drug-likeness (QED) is 0.864. The number of hydrogen-bond acceptors (Lipinski definition) is 2. The van der Waals surface area contributed by atoms with Crippen LogP contribution in [0.3, 0.4) is 0 Å². The maximum atomic E-state index is 11.9. The second-order valence-corrected chi connectivity index (χ2v) is 6.37. The van der Waals surface area contributed by atoms with Gasteiger partial charge in [0.2, 0.25) is 5.91 Å². The van der Waals surface area contributed by atoms with Crippen molar-refractivity contribution in [1.29, 1.82) is 0 Å². The number of thiophene rings is 1. The number of halogens is 1. The first-order chi connectivity index (χ1) is 9.15. The first-order valence-corrected chi connectivity index (χ1v) is 7.89. The molecule has 1 atom stereocenters. The van der Waals surface area contributed by atoms with Gasteiger partial charge in [-0.2, -0.15) is 0 Å². The molecule has 0 radical (unpaired) electrons. The highest BCUT2D eigenvalue weighted by Gasteiger charge is 2.09. The molecule has 0 fully saturated rings. The summed E-state index contributed by atoms with van der Waals surface area (Å²) in [6.45, 7) is 2.01. The van der Waals surface area contributed by atoms with Gasteiger partial charge >= 0.3 is 0 Å². The summed E-state index contributed by atoms with van der Waals surface area (Å²) in [5.74, 6) is 0.101. The molecular formula is C15H16BrNOS. The van der Waals surface area contributed by atoms with Gasteiger partial charge in [0, 0.05) is 15.8 Å². The fraction of sp³-hybridized carbons (Fsp3) is 0.267. The molecule has 1 heterocycles. The minimum absolute atomic E-state index is 0.0453. The van der Waals surface area contributed by atoms with Gasteiger partial charge in [-0.15, -0.1) is 11.3 Å². The molecule has 0 aliphatic rings. The molecule has 1 aromatic carbocycles. The van der Waals surface area contributed by atoms with Gasteiger partial charge in [-0.3, -0.25) is 4.79 Å². The zero-order chi connectivity index (χ0) is 13.7. The van der Waals surface area contributed by atoms with Crippen molar-refractivity contribution in [2.45, 2.75) is 25.8 Å². The molecule has 0 saturated carbocycles. The third kappa shape index (κ3) is 4.48. The number of benzene rings is 1. The Morgan fingerprint density at radius 1 is 1.32 bits per heavy atom. The molecule has 2 nitrogen and oxygen atoms in total. The summed E-state index contributed by atoms with van der Waals surface area (Å²) >= 11 is 5.10. The lowest BCUT2D eigenvalue weighted by atomic mass is 10.1. The molecule has 0 spiro atoms. The van der Waals surface area contributed by atoms with Crippen molar-refractivity contribution in [2.75, 3.05) is 0 Å². The van der Waals surface area contributed by atoms with Crippen LogP contribution < -0.4 is 5.32 Å². The second kappa shape index (κ2) is 6.87.